The second-order valence-corrected chi connectivity index (χ2v) is 5.21. The van der Waals surface area contributed by atoms with Crippen molar-refractivity contribution in [1.82, 2.24) is 10.3 Å². The fourth-order valence-corrected chi connectivity index (χ4v) is 2.84. The Kier molecular flexibility index (Phi) is 5.33. The van der Waals surface area contributed by atoms with Crippen LogP contribution in [0.25, 0.3) is 0 Å². The lowest BCUT2D eigenvalue weighted by atomic mass is 9.82. The fourth-order valence-electron chi connectivity index (χ4n) is 2.84. The van der Waals surface area contributed by atoms with Crippen molar-refractivity contribution < 1.29 is 9.90 Å². The normalized spacial score (nSPS) is 17.9. The number of hydrogen-bond acceptors (Lipinski definition) is 3. The molecule has 1 aromatic heterocycles. The molecule has 0 bridgehead atoms. The van der Waals surface area contributed by atoms with E-state index in [1.807, 2.05) is 6.07 Å². The average molecular weight is 262 g/mol. The number of pyridine rings is 1. The van der Waals surface area contributed by atoms with Crippen LogP contribution in [0.2, 0.25) is 0 Å². The maximum absolute atomic E-state index is 12.1. The van der Waals surface area contributed by atoms with Crippen LogP contribution in [0.3, 0.4) is 0 Å². The first kappa shape index (κ1) is 14.0. The third-order valence-electron chi connectivity index (χ3n) is 3.87. The molecule has 1 aromatic rings. The van der Waals surface area contributed by atoms with Crippen LogP contribution in [-0.4, -0.2) is 28.6 Å². The molecular weight excluding hydrogens is 240 g/mol. The van der Waals surface area contributed by atoms with Gasteiger partial charge in [0.25, 0.3) is 5.91 Å². The van der Waals surface area contributed by atoms with Gasteiger partial charge in [0.15, 0.2) is 0 Å². The molecule has 1 fully saturated rings. The molecule has 1 heterocycles. The van der Waals surface area contributed by atoms with Gasteiger partial charge in [-0.1, -0.05) is 25.3 Å². The number of nitrogens with zero attached hydrogens (tertiary/aromatic N) is 1. The molecule has 104 valence electrons. The van der Waals surface area contributed by atoms with E-state index in [0.717, 1.165) is 12.8 Å². The van der Waals surface area contributed by atoms with Crippen molar-refractivity contribution in [2.75, 3.05) is 6.61 Å². The minimum absolute atomic E-state index is 0.0693. The summed E-state index contributed by atoms with van der Waals surface area (Å²) < 4.78 is 0. The number of aromatic nitrogens is 1. The summed E-state index contributed by atoms with van der Waals surface area (Å²) in [5, 5.41) is 12.2. The van der Waals surface area contributed by atoms with E-state index < -0.39 is 0 Å². The molecule has 1 atom stereocenters. The van der Waals surface area contributed by atoms with Crippen molar-refractivity contribution in [2.45, 2.75) is 44.6 Å². The highest BCUT2D eigenvalue weighted by molar-refractivity contribution is 5.92. The Morgan fingerprint density at radius 2 is 2.16 bits per heavy atom. The SMILES string of the molecule is O=C(NC(CCO)C1CCCCC1)c1ccccn1. The molecule has 1 saturated carbocycles. The van der Waals surface area contributed by atoms with Gasteiger partial charge in [0.1, 0.15) is 5.69 Å². The van der Waals surface area contributed by atoms with E-state index in [4.69, 9.17) is 0 Å². The van der Waals surface area contributed by atoms with Crippen LogP contribution in [0.15, 0.2) is 24.4 Å². The molecular formula is C15H22N2O2. The van der Waals surface area contributed by atoms with E-state index in [1.165, 1.54) is 19.3 Å². The van der Waals surface area contributed by atoms with Crippen molar-refractivity contribution in [3.8, 4) is 0 Å². The van der Waals surface area contributed by atoms with E-state index in [-0.39, 0.29) is 18.6 Å². The topological polar surface area (TPSA) is 62.2 Å². The van der Waals surface area contributed by atoms with Crippen molar-refractivity contribution in [2.24, 2.45) is 5.92 Å². The first-order valence-corrected chi connectivity index (χ1v) is 7.14. The first-order valence-electron chi connectivity index (χ1n) is 7.14. The molecule has 4 nitrogen and oxygen atoms in total. The summed E-state index contributed by atoms with van der Waals surface area (Å²) >= 11 is 0. The number of rotatable bonds is 5. The van der Waals surface area contributed by atoms with Gasteiger partial charge in [0.05, 0.1) is 0 Å². The van der Waals surface area contributed by atoms with Crippen LogP contribution in [0, 0.1) is 5.92 Å². The quantitative estimate of drug-likeness (QED) is 0.854. The molecule has 4 heteroatoms. The lowest BCUT2D eigenvalue weighted by molar-refractivity contribution is 0.0894. The summed E-state index contributed by atoms with van der Waals surface area (Å²) in [4.78, 5) is 16.2. The number of aliphatic hydroxyl groups is 1. The largest absolute Gasteiger partial charge is 0.396 e. The maximum Gasteiger partial charge on any atom is 0.270 e. The lowest BCUT2D eigenvalue weighted by Crippen LogP contribution is -2.42. The predicted octanol–water partition coefficient (Wildman–Crippen LogP) is 2.14. The third kappa shape index (κ3) is 4.03. The standard InChI is InChI=1S/C15H22N2O2/c18-11-9-13(12-6-2-1-3-7-12)17-15(19)14-8-4-5-10-16-14/h4-5,8,10,12-13,18H,1-3,6-7,9,11H2,(H,17,19). The highest BCUT2D eigenvalue weighted by atomic mass is 16.3. The Morgan fingerprint density at radius 1 is 1.37 bits per heavy atom. The number of carbonyl (C=O) groups excluding carboxylic acids is 1. The summed E-state index contributed by atoms with van der Waals surface area (Å²) in [6.45, 7) is 0.115. The Hall–Kier alpha value is -1.42. The van der Waals surface area contributed by atoms with Crippen LogP contribution in [0.1, 0.15) is 49.0 Å². The van der Waals surface area contributed by atoms with Crippen molar-refractivity contribution >= 4 is 5.91 Å². The molecule has 2 N–H and O–H groups in total. The third-order valence-corrected chi connectivity index (χ3v) is 3.87. The van der Waals surface area contributed by atoms with Crippen molar-refractivity contribution in [3.05, 3.63) is 30.1 Å². The highest BCUT2D eigenvalue weighted by Gasteiger charge is 2.25. The number of aliphatic hydroxyl groups excluding tert-OH is 1. The zero-order chi connectivity index (χ0) is 13.5. The predicted molar refractivity (Wildman–Crippen MR) is 73.8 cm³/mol. The molecule has 1 unspecified atom stereocenters. The first-order chi connectivity index (χ1) is 9.31. The van der Waals surface area contributed by atoms with Crippen LogP contribution >= 0.6 is 0 Å². The van der Waals surface area contributed by atoms with Gasteiger partial charge >= 0.3 is 0 Å². The summed E-state index contributed by atoms with van der Waals surface area (Å²) in [6.07, 6.45) is 8.29. The van der Waals surface area contributed by atoms with Gasteiger partial charge in [-0.2, -0.15) is 0 Å². The number of hydrogen-bond donors (Lipinski definition) is 2. The number of carbonyl (C=O) groups is 1. The monoisotopic (exact) mass is 262 g/mol. The molecule has 0 aliphatic heterocycles. The van der Waals surface area contributed by atoms with E-state index in [0.29, 0.717) is 18.0 Å². The van der Waals surface area contributed by atoms with E-state index in [2.05, 4.69) is 10.3 Å². The van der Waals surface area contributed by atoms with Crippen LogP contribution in [-0.2, 0) is 0 Å². The van der Waals surface area contributed by atoms with Crippen molar-refractivity contribution in [3.63, 3.8) is 0 Å². The van der Waals surface area contributed by atoms with E-state index in [9.17, 15) is 9.90 Å². The maximum atomic E-state index is 12.1. The minimum Gasteiger partial charge on any atom is -0.396 e. The van der Waals surface area contributed by atoms with Gasteiger partial charge in [-0.25, -0.2) is 0 Å². The number of amides is 1. The number of nitrogens with one attached hydrogen (secondary N) is 1. The average Bonchev–Trinajstić information content (AvgIpc) is 2.48. The van der Waals surface area contributed by atoms with Gasteiger partial charge in [-0.05, 0) is 37.3 Å². The summed E-state index contributed by atoms with van der Waals surface area (Å²) in [7, 11) is 0. The Balaban J connectivity index is 1.97. The minimum atomic E-state index is -0.135. The Labute approximate surface area is 114 Å². The van der Waals surface area contributed by atoms with Gasteiger partial charge in [-0.15, -0.1) is 0 Å². The fraction of sp³-hybridized carbons (Fsp3) is 0.600. The van der Waals surface area contributed by atoms with Gasteiger partial charge < -0.3 is 10.4 Å². The second-order valence-electron chi connectivity index (χ2n) is 5.21. The molecule has 0 saturated heterocycles. The summed E-state index contributed by atoms with van der Waals surface area (Å²) in [5.41, 5.74) is 0.446. The zero-order valence-corrected chi connectivity index (χ0v) is 11.2. The molecule has 2 rings (SSSR count). The van der Waals surface area contributed by atoms with Gasteiger partial charge in [0, 0.05) is 18.8 Å². The van der Waals surface area contributed by atoms with Gasteiger partial charge in [0.2, 0.25) is 0 Å². The van der Waals surface area contributed by atoms with Crippen LogP contribution in [0.5, 0.6) is 0 Å². The molecule has 0 aromatic carbocycles. The van der Waals surface area contributed by atoms with Gasteiger partial charge in [-0.3, -0.25) is 9.78 Å². The molecule has 1 amide bonds. The lowest BCUT2D eigenvalue weighted by Gasteiger charge is -2.30. The van der Waals surface area contributed by atoms with Crippen molar-refractivity contribution in [1.29, 1.82) is 0 Å². The zero-order valence-electron chi connectivity index (χ0n) is 11.2. The molecule has 1 aliphatic carbocycles. The molecule has 0 spiro atoms. The Bertz CT molecular complexity index is 388. The molecule has 0 radical (unpaired) electrons. The second kappa shape index (κ2) is 7.24. The molecule has 1 aliphatic rings. The van der Waals surface area contributed by atoms with E-state index >= 15 is 0 Å². The van der Waals surface area contributed by atoms with Crippen LogP contribution in [0.4, 0.5) is 0 Å². The Morgan fingerprint density at radius 3 is 2.79 bits per heavy atom. The van der Waals surface area contributed by atoms with E-state index in [1.54, 1.807) is 18.3 Å². The summed E-state index contributed by atoms with van der Waals surface area (Å²) in [5.74, 6) is 0.359. The van der Waals surface area contributed by atoms with Crippen LogP contribution < -0.4 is 5.32 Å². The highest BCUT2D eigenvalue weighted by Crippen LogP contribution is 2.27. The summed E-state index contributed by atoms with van der Waals surface area (Å²) in [6, 6.07) is 5.39. The smallest absolute Gasteiger partial charge is 0.270 e. The molecule has 19 heavy (non-hydrogen) atoms.